The molecule has 0 bridgehead atoms. The van der Waals surface area contributed by atoms with E-state index in [0.717, 1.165) is 12.8 Å². The number of hydrogen-bond donors (Lipinski definition) is 0. The largest absolute Gasteiger partial charge is 0.0991 e. The minimum atomic E-state index is 1.05. The summed E-state index contributed by atoms with van der Waals surface area (Å²) in [5.41, 5.74) is 0. The molecule has 0 aromatic rings. The lowest BCUT2D eigenvalue weighted by Crippen LogP contribution is -1.69. The molecule has 0 aliphatic heterocycles. The molecule has 0 fully saturated rings. The van der Waals surface area contributed by atoms with Gasteiger partial charge in [-0.25, -0.2) is 0 Å². The van der Waals surface area contributed by atoms with E-state index in [1.54, 1.807) is 6.08 Å². The van der Waals surface area contributed by atoms with Crippen LogP contribution in [0.15, 0.2) is 37.0 Å². The average molecular weight is 149 g/mol. The molecule has 0 spiro atoms. The highest BCUT2D eigenvalue weighted by Crippen LogP contribution is 1.98. The zero-order valence-corrected chi connectivity index (χ0v) is 7.13. The maximum Gasteiger partial charge on any atom is -0.0348 e. The SMILES string of the molecule is [CH2]CCCCC=CC=CC=C. The summed E-state index contributed by atoms with van der Waals surface area (Å²) < 4.78 is 0. The Bertz CT molecular complexity index is 129. The first-order chi connectivity index (χ1) is 5.41. The molecule has 0 aliphatic rings. The Labute approximate surface area is 70.3 Å². The van der Waals surface area contributed by atoms with Crippen LogP contribution < -0.4 is 0 Å². The number of unbranched alkanes of at least 4 members (excludes halogenated alkanes) is 3. The van der Waals surface area contributed by atoms with Gasteiger partial charge in [-0.15, -0.1) is 0 Å². The Balaban J connectivity index is 3.15. The molecule has 0 heteroatoms. The fourth-order valence-corrected chi connectivity index (χ4v) is 0.756. The third kappa shape index (κ3) is 9.22. The van der Waals surface area contributed by atoms with Crippen LogP contribution in [-0.2, 0) is 0 Å². The molecule has 0 atom stereocenters. The van der Waals surface area contributed by atoms with Crippen molar-refractivity contribution in [2.45, 2.75) is 25.7 Å². The van der Waals surface area contributed by atoms with Gasteiger partial charge in [-0.1, -0.05) is 56.7 Å². The average Bonchev–Trinajstić information content (AvgIpc) is 2.03. The van der Waals surface area contributed by atoms with Gasteiger partial charge in [0.15, 0.2) is 0 Å². The number of hydrogen-bond acceptors (Lipinski definition) is 0. The summed E-state index contributed by atoms with van der Waals surface area (Å²) >= 11 is 0. The molecule has 11 heavy (non-hydrogen) atoms. The zero-order chi connectivity index (χ0) is 8.36. The zero-order valence-electron chi connectivity index (χ0n) is 7.13. The molecule has 0 rings (SSSR count). The molecule has 0 saturated carbocycles. The molecule has 0 aromatic heterocycles. The monoisotopic (exact) mass is 149 g/mol. The van der Waals surface area contributed by atoms with E-state index in [9.17, 15) is 0 Å². The maximum absolute atomic E-state index is 3.78. The first kappa shape index (κ1) is 10.2. The van der Waals surface area contributed by atoms with Crippen molar-refractivity contribution in [2.24, 2.45) is 0 Å². The van der Waals surface area contributed by atoms with Gasteiger partial charge in [-0.3, -0.25) is 0 Å². The van der Waals surface area contributed by atoms with Gasteiger partial charge in [0.1, 0.15) is 0 Å². The summed E-state index contributed by atoms with van der Waals surface area (Å²) in [6.07, 6.45) is 14.6. The Hall–Kier alpha value is -0.780. The van der Waals surface area contributed by atoms with Crippen LogP contribution >= 0.6 is 0 Å². The van der Waals surface area contributed by atoms with Crippen LogP contribution in [0.4, 0.5) is 0 Å². The van der Waals surface area contributed by atoms with E-state index >= 15 is 0 Å². The van der Waals surface area contributed by atoms with Crippen LogP contribution in [0.5, 0.6) is 0 Å². The van der Waals surface area contributed by atoms with Crippen molar-refractivity contribution in [3.8, 4) is 0 Å². The van der Waals surface area contributed by atoms with Gasteiger partial charge < -0.3 is 0 Å². The molecule has 0 heterocycles. The van der Waals surface area contributed by atoms with Crippen LogP contribution in [0.3, 0.4) is 0 Å². The van der Waals surface area contributed by atoms with Crippen molar-refractivity contribution in [1.82, 2.24) is 0 Å². The molecule has 0 unspecified atom stereocenters. The van der Waals surface area contributed by atoms with E-state index in [2.05, 4.69) is 25.7 Å². The molecular formula is C11H17. The maximum atomic E-state index is 3.78. The lowest BCUT2D eigenvalue weighted by atomic mass is 10.2. The van der Waals surface area contributed by atoms with Gasteiger partial charge in [-0.05, 0) is 12.8 Å². The quantitative estimate of drug-likeness (QED) is 0.399. The fourth-order valence-electron chi connectivity index (χ4n) is 0.756. The predicted octanol–water partition coefficient (Wildman–Crippen LogP) is 3.68. The number of allylic oxidation sites excluding steroid dienone is 5. The fraction of sp³-hybridized carbons (Fsp3) is 0.364. The van der Waals surface area contributed by atoms with Crippen molar-refractivity contribution < 1.29 is 0 Å². The van der Waals surface area contributed by atoms with Crippen LogP contribution in [0.25, 0.3) is 0 Å². The summed E-state index contributed by atoms with van der Waals surface area (Å²) in [6, 6.07) is 0. The lowest BCUT2D eigenvalue weighted by Gasteiger charge is -1.89. The van der Waals surface area contributed by atoms with Crippen LogP contribution in [0, 0.1) is 6.92 Å². The molecule has 1 radical (unpaired) electrons. The van der Waals surface area contributed by atoms with E-state index in [-0.39, 0.29) is 0 Å². The highest BCUT2D eigenvalue weighted by molar-refractivity contribution is 5.08. The second-order valence-electron chi connectivity index (χ2n) is 2.40. The minimum Gasteiger partial charge on any atom is -0.0991 e. The van der Waals surface area contributed by atoms with Crippen molar-refractivity contribution >= 4 is 0 Å². The smallest absolute Gasteiger partial charge is 0.0348 e. The van der Waals surface area contributed by atoms with Crippen molar-refractivity contribution in [3.63, 3.8) is 0 Å². The van der Waals surface area contributed by atoms with Gasteiger partial charge in [0.2, 0.25) is 0 Å². The molecule has 0 nitrogen and oxygen atoms in total. The molecular weight excluding hydrogens is 132 g/mol. The Morgan fingerprint density at radius 1 is 1.00 bits per heavy atom. The van der Waals surface area contributed by atoms with E-state index in [0.29, 0.717) is 0 Å². The first-order valence-electron chi connectivity index (χ1n) is 4.15. The second kappa shape index (κ2) is 9.22. The lowest BCUT2D eigenvalue weighted by molar-refractivity contribution is 0.760. The Kier molecular flexibility index (Phi) is 8.57. The van der Waals surface area contributed by atoms with E-state index in [1.807, 2.05) is 12.2 Å². The van der Waals surface area contributed by atoms with Gasteiger partial charge >= 0.3 is 0 Å². The molecule has 0 aliphatic carbocycles. The highest BCUT2D eigenvalue weighted by Gasteiger charge is 1.79. The minimum absolute atomic E-state index is 1.05. The molecule has 0 aromatic carbocycles. The summed E-state index contributed by atoms with van der Waals surface area (Å²) in [4.78, 5) is 0. The number of rotatable bonds is 6. The van der Waals surface area contributed by atoms with Crippen molar-refractivity contribution in [1.29, 1.82) is 0 Å². The summed E-state index contributed by atoms with van der Waals surface area (Å²) in [7, 11) is 0. The summed E-state index contributed by atoms with van der Waals surface area (Å²) in [5.74, 6) is 0. The van der Waals surface area contributed by atoms with Gasteiger partial charge in [0.25, 0.3) is 0 Å². The highest BCUT2D eigenvalue weighted by atomic mass is 13.9. The van der Waals surface area contributed by atoms with E-state index in [1.165, 1.54) is 12.8 Å². The van der Waals surface area contributed by atoms with Crippen LogP contribution in [0.1, 0.15) is 25.7 Å². The standard InChI is InChI=1S/C11H17/c1-3-5-7-9-11-10-8-6-4-2/h3,5,7,9,11H,1-2,4,6,8,10H2. The third-order valence-corrected chi connectivity index (χ3v) is 1.37. The predicted molar refractivity (Wildman–Crippen MR) is 52.3 cm³/mol. The van der Waals surface area contributed by atoms with Crippen LogP contribution in [0.2, 0.25) is 0 Å². The van der Waals surface area contributed by atoms with Gasteiger partial charge in [0, 0.05) is 0 Å². The Morgan fingerprint density at radius 3 is 2.45 bits per heavy atom. The topological polar surface area (TPSA) is 0 Å². The van der Waals surface area contributed by atoms with Gasteiger partial charge in [-0.2, -0.15) is 0 Å². The second-order valence-corrected chi connectivity index (χ2v) is 2.40. The van der Waals surface area contributed by atoms with Crippen LogP contribution in [-0.4, -0.2) is 0 Å². The van der Waals surface area contributed by atoms with Gasteiger partial charge in [0.05, 0.1) is 0 Å². The Morgan fingerprint density at radius 2 is 1.82 bits per heavy atom. The third-order valence-electron chi connectivity index (χ3n) is 1.37. The first-order valence-corrected chi connectivity index (χ1v) is 4.15. The van der Waals surface area contributed by atoms with Crippen molar-refractivity contribution in [3.05, 3.63) is 43.9 Å². The molecule has 0 N–H and O–H groups in total. The summed E-state index contributed by atoms with van der Waals surface area (Å²) in [5, 5.41) is 0. The molecule has 0 saturated heterocycles. The van der Waals surface area contributed by atoms with E-state index < -0.39 is 0 Å². The van der Waals surface area contributed by atoms with E-state index in [4.69, 9.17) is 0 Å². The molecule has 0 amide bonds. The van der Waals surface area contributed by atoms with Crippen molar-refractivity contribution in [2.75, 3.05) is 0 Å². The normalized spacial score (nSPS) is 11.4. The molecule has 61 valence electrons. The summed E-state index contributed by atoms with van der Waals surface area (Å²) in [6.45, 7) is 7.36.